The van der Waals surface area contributed by atoms with E-state index in [0.717, 1.165) is 26.4 Å². The molecule has 0 radical (unpaired) electrons. The van der Waals surface area contributed by atoms with Crippen LogP contribution in [-0.2, 0) is 4.79 Å². The molecule has 0 aliphatic heterocycles. The fraction of sp³-hybridized carbons (Fsp3) is 0.136. The average molecular weight is 424 g/mol. The number of thiophene rings is 1. The number of halogens is 1. The number of hydrogen-bond acceptors (Lipinski definition) is 5. The minimum absolute atomic E-state index is 0.171. The summed E-state index contributed by atoms with van der Waals surface area (Å²) in [5, 5.41) is 6.53. The molecular weight excluding hydrogens is 405 g/mol. The number of carbonyl (C=O) groups excluding carboxylic acids is 1. The lowest BCUT2D eigenvalue weighted by molar-refractivity contribution is -0.113. The van der Waals surface area contributed by atoms with Gasteiger partial charge in [0.15, 0.2) is 0 Å². The molecule has 0 unspecified atom stereocenters. The van der Waals surface area contributed by atoms with Crippen molar-refractivity contribution in [1.82, 2.24) is 9.97 Å². The number of thioether (sulfide) groups is 1. The van der Waals surface area contributed by atoms with E-state index in [2.05, 4.69) is 51.9 Å². The van der Waals surface area contributed by atoms with E-state index >= 15 is 0 Å². The summed E-state index contributed by atoms with van der Waals surface area (Å²) >= 11 is 2.91. The van der Waals surface area contributed by atoms with Crippen LogP contribution in [0.3, 0.4) is 0 Å². The van der Waals surface area contributed by atoms with Crippen LogP contribution in [0.4, 0.5) is 10.1 Å². The first-order valence-corrected chi connectivity index (χ1v) is 10.9. The van der Waals surface area contributed by atoms with Crippen molar-refractivity contribution in [2.75, 3.05) is 11.1 Å². The van der Waals surface area contributed by atoms with Crippen LogP contribution < -0.4 is 5.32 Å². The van der Waals surface area contributed by atoms with E-state index in [0.29, 0.717) is 11.3 Å². The van der Waals surface area contributed by atoms with Gasteiger partial charge >= 0.3 is 0 Å². The molecule has 0 saturated heterocycles. The largest absolute Gasteiger partial charge is 0.325 e. The van der Waals surface area contributed by atoms with E-state index in [-0.39, 0.29) is 17.5 Å². The molecule has 4 rings (SSSR count). The summed E-state index contributed by atoms with van der Waals surface area (Å²) in [5.41, 5.74) is 4.35. The van der Waals surface area contributed by atoms with Crippen LogP contribution in [0.1, 0.15) is 11.1 Å². The molecule has 4 nitrogen and oxygen atoms in total. The maximum atomic E-state index is 13.7. The van der Waals surface area contributed by atoms with Crippen molar-refractivity contribution in [2.24, 2.45) is 0 Å². The molecule has 146 valence electrons. The highest BCUT2D eigenvalue weighted by atomic mass is 32.2. The molecule has 29 heavy (non-hydrogen) atoms. The Kier molecular flexibility index (Phi) is 5.60. The molecule has 0 aliphatic carbocycles. The molecule has 0 aliphatic rings. The average Bonchev–Trinajstić information content (AvgIpc) is 3.15. The van der Waals surface area contributed by atoms with E-state index < -0.39 is 0 Å². The lowest BCUT2D eigenvalue weighted by Crippen LogP contribution is -2.14. The second-order valence-electron chi connectivity index (χ2n) is 6.68. The summed E-state index contributed by atoms with van der Waals surface area (Å²) in [6, 6.07) is 13.0. The highest BCUT2D eigenvalue weighted by Crippen LogP contribution is 2.37. The number of nitrogens with zero attached hydrogens (tertiary/aromatic N) is 2. The fourth-order valence-electron chi connectivity index (χ4n) is 2.90. The van der Waals surface area contributed by atoms with Crippen molar-refractivity contribution in [3.05, 3.63) is 71.1 Å². The lowest BCUT2D eigenvalue weighted by Gasteiger charge is -2.08. The Morgan fingerprint density at radius 2 is 1.93 bits per heavy atom. The summed E-state index contributed by atoms with van der Waals surface area (Å²) < 4.78 is 13.7. The van der Waals surface area contributed by atoms with Crippen molar-refractivity contribution in [1.29, 1.82) is 0 Å². The monoisotopic (exact) mass is 423 g/mol. The number of aryl methyl sites for hydroxylation is 2. The van der Waals surface area contributed by atoms with Gasteiger partial charge in [-0.1, -0.05) is 47.7 Å². The van der Waals surface area contributed by atoms with Gasteiger partial charge in [0, 0.05) is 16.6 Å². The van der Waals surface area contributed by atoms with Gasteiger partial charge in [0.2, 0.25) is 5.91 Å². The van der Waals surface area contributed by atoms with Crippen LogP contribution in [0.25, 0.3) is 21.3 Å². The topological polar surface area (TPSA) is 54.9 Å². The Balaban J connectivity index is 1.54. The number of carbonyl (C=O) groups is 1. The highest BCUT2D eigenvalue weighted by molar-refractivity contribution is 8.00. The van der Waals surface area contributed by atoms with Crippen LogP contribution >= 0.6 is 23.1 Å². The predicted molar refractivity (Wildman–Crippen MR) is 118 cm³/mol. The zero-order chi connectivity index (χ0) is 20.4. The van der Waals surface area contributed by atoms with Gasteiger partial charge in [-0.05, 0) is 37.1 Å². The number of amides is 1. The molecule has 0 saturated carbocycles. The Bertz CT molecular complexity index is 1190. The number of aromatic nitrogens is 2. The number of rotatable bonds is 5. The zero-order valence-corrected chi connectivity index (χ0v) is 17.5. The summed E-state index contributed by atoms with van der Waals surface area (Å²) in [4.78, 5) is 22.0. The van der Waals surface area contributed by atoms with Crippen LogP contribution in [-0.4, -0.2) is 21.6 Å². The maximum absolute atomic E-state index is 13.7. The maximum Gasteiger partial charge on any atom is 0.234 e. The van der Waals surface area contributed by atoms with Crippen molar-refractivity contribution in [3.63, 3.8) is 0 Å². The van der Waals surface area contributed by atoms with Gasteiger partial charge in [-0.2, -0.15) is 0 Å². The van der Waals surface area contributed by atoms with Gasteiger partial charge in [0.25, 0.3) is 0 Å². The van der Waals surface area contributed by atoms with Crippen molar-refractivity contribution >= 4 is 44.9 Å². The second kappa shape index (κ2) is 8.31. The molecule has 1 N–H and O–H groups in total. The van der Waals surface area contributed by atoms with Crippen molar-refractivity contribution in [2.45, 2.75) is 18.9 Å². The number of hydrogen-bond donors (Lipinski definition) is 1. The Morgan fingerprint density at radius 1 is 1.14 bits per heavy atom. The van der Waals surface area contributed by atoms with Crippen molar-refractivity contribution in [3.8, 4) is 11.1 Å². The third-order valence-corrected chi connectivity index (χ3v) is 6.37. The predicted octanol–water partition coefficient (Wildman–Crippen LogP) is 5.85. The zero-order valence-electron chi connectivity index (χ0n) is 15.9. The van der Waals surface area contributed by atoms with Gasteiger partial charge in [0.1, 0.15) is 22.0 Å². The first-order valence-electron chi connectivity index (χ1n) is 8.99. The summed E-state index contributed by atoms with van der Waals surface area (Å²) in [6.45, 7) is 3.74. The van der Waals surface area contributed by atoms with E-state index in [1.54, 1.807) is 30.4 Å². The van der Waals surface area contributed by atoms with E-state index in [1.807, 2.05) is 0 Å². The van der Waals surface area contributed by atoms with E-state index in [4.69, 9.17) is 0 Å². The van der Waals surface area contributed by atoms with Gasteiger partial charge < -0.3 is 5.32 Å². The molecule has 2 aromatic heterocycles. The van der Waals surface area contributed by atoms with Gasteiger partial charge in [-0.15, -0.1) is 11.3 Å². The highest BCUT2D eigenvalue weighted by Gasteiger charge is 2.15. The van der Waals surface area contributed by atoms with Gasteiger partial charge in [-0.25, -0.2) is 14.4 Å². The minimum atomic E-state index is -0.339. The third-order valence-electron chi connectivity index (χ3n) is 4.49. The van der Waals surface area contributed by atoms with E-state index in [9.17, 15) is 9.18 Å². The molecule has 0 atom stereocenters. The Morgan fingerprint density at radius 3 is 2.69 bits per heavy atom. The number of benzene rings is 2. The smallest absolute Gasteiger partial charge is 0.234 e. The SMILES string of the molecule is Cc1ccc(-c2csc3ncnc(SCC(=O)Nc4ccc(C)c(F)c4)c23)cc1. The van der Waals surface area contributed by atoms with Crippen molar-refractivity contribution < 1.29 is 9.18 Å². The number of anilines is 1. The van der Waals surface area contributed by atoms with Gasteiger partial charge in [0.05, 0.1) is 11.1 Å². The lowest BCUT2D eigenvalue weighted by atomic mass is 10.1. The summed E-state index contributed by atoms with van der Waals surface area (Å²) in [6.07, 6.45) is 1.52. The minimum Gasteiger partial charge on any atom is -0.325 e. The number of nitrogens with one attached hydrogen (secondary N) is 1. The first kappa shape index (κ1) is 19.5. The molecule has 4 aromatic rings. The number of fused-ring (bicyclic) bond motifs is 1. The molecule has 2 aromatic carbocycles. The summed E-state index contributed by atoms with van der Waals surface area (Å²) in [5.74, 6) is -0.378. The van der Waals surface area contributed by atoms with Crippen LogP contribution in [0.15, 0.2) is 59.2 Å². The standard InChI is InChI=1S/C22H18FN3OS2/c1-13-3-6-15(7-4-13)17-10-28-21-20(17)22(25-12-24-21)29-11-19(27)26-16-8-5-14(2)18(23)9-16/h3-10,12H,11H2,1-2H3,(H,26,27). The van der Waals surface area contributed by atoms with Crippen LogP contribution in [0.5, 0.6) is 0 Å². The molecule has 7 heteroatoms. The molecule has 1 amide bonds. The Labute approximate surface area is 176 Å². The normalized spacial score (nSPS) is 11.0. The first-order chi connectivity index (χ1) is 14.0. The molecule has 0 spiro atoms. The van der Waals surface area contributed by atoms with Crippen LogP contribution in [0.2, 0.25) is 0 Å². The van der Waals surface area contributed by atoms with Crippen LogP contribution in [0, 0.1) is 19.7 Å². The molecule has 2 heterocycles. The second-order valence-corrected chi connectivity index (χ2v) is 8.50. The Hall–Kier alpha value is -2.77. The molecule has 0 fully saturated rings. The quantitative estimate of drug-likeness (QED) is 0.323. The molecular formula is C22H18FN3OS2. The summed E-state index contributed by atoms with van der Waals surface area (Å²) in [7, 11) is 0. The van der Waals surface area contributed by atoms with E-state index in [1.165, 1.54) is 29.7 Å². The molecule has 0 bridgehead atoms. The third kappa shape index (κ3) is 4.31. The fourth-order valence-corrected chi connectivity index (χ4v) is 4.70. The van der Waals surface area contributed by atoms with Gasteiger partial charge in [-0.3, -0.25) is 4.79 Å².